The zero-order valence-electron chi connectivity index (χ0n) is 11.1. The minimum Gasteiger partial charge on any atom is -0.478 e. The van der Waals surface area contributed by atoms with E-state index in [9.17, 15) is 13.2 Å². The Morgan fingerprint density at radius 1 is 1.29 bits per heavy atom. The highest BCUT2D eigenvalue weighted by atomic mass is 32.2. The number of pyridine rings is 2. The molecule has 21 heavy (non-hydrogen) atoms. The van der Waals surface area contributed by atoms with Crippen molar-refractivity contribution in [2.75, 3.05) is 11.6 Å². The van der Waals surface area contributed by atoms with Crippen LogP contribution in [-0.2, 0) is 16.4 Å². The molecule has 7 nitrogen and oxygen atoms in total. The second-order valence-electron chi connectivity index (χ2n) is 4.32. The highest BCUT2D eigenvalue weighted by molar-refractivity contribution is 7.90. The number of rotatable bonds is 5. The van der Waals surface area contributed by atoms with Crippen LogP contribution in [0.4, 0.5) is 5.82 Å². The first-order valence-corrected chi connectivity index (χ1v) is 7.84. The highest BCUT2D eigenvalue weighted by Crippen LogP contribution is 2.18. The Kier molecular flexibility index (Phi) is 4.18. The summed E-state index contributed by atoms with van der Waals surface area (Å²) in [4.78, 5) is 19.0. The Morgan fingerprint density at radius 3 is 2.71 bits per heavy atom. The number of nitrogens with one attached hydrogen (secondary N) is 1. The van der Waals surface area contributed by atoms with Gasteiger partial charge in [0.1, 0.15) is 10.7 Å². The van der Waals surface area contributed by atoms with Gasteiger partial charge in [-0.1, -0.05) is 0 Å². The van der Waals surface area contributed by atoms with E-state index in [-0.39, 0.29) is 22.8 Å². The van der Waals surface area contributed by atoms with Gasteiger partial charge in [-0.3, -0.25) is 4.98 Å². The van der Waals surface area contributed by atoms with Crippen LogP contribution >= 0.6 is 0 Å². The molecule has 8 heteroatoms. The first-order valence-electron chi connectivity index (χ1n) is 5.95. The summed E-state index contributed by atoms with van der Waals surface area (Å²) in [5.74, 6) is -0.837. The molecule has 0 atom stereocenters. The van der Waals surface area contributed by atoms with E-state index >= 15 is 0 Å². The maximum Gasteiger partial charge on any atom is 0.335 e. The molecule has 0 aliphatic heterocycles. The predicted octanol–water partition coefficient (Wildman–Crippen LogP) is 1.19. The van der Waals surface area contributed by atoms with E-state index in [2.05, 4.69) is 15.3 Å². The molecule has 0 saturated carbocycles. The third-order valence-corrected chi connectivity index (χ3v) is 3.80. The number of carboxylic acid groups (broad SMARTS) is 1. The molecule has 0 spiro atoms. The number of hydrogen-bond donors (Lipinski definition) is 2. The first kappa shape index (κ1) is 14.9. The van der Waals surface area contributed by atoms with E-state index < -0.39 is 15.8 Å². The van der Waals surface area contributed by atoms with Crippen LogP contribution in [0.3, 0.4) is 0 Å². The molecule has 110 valence electrons. The Hall–Kier alpha value is -2.48. The standard InChI is InChI=1S/C13H13N3O4S/c1-21(19,20)11-3-2-5-15-12(11)16-8-10-7-9(13(17)18)4-6-14-10/h2-7H,8H2,1H3,(H,15,16)(H,17,18). The van der Waals surface area contributed by atoms with Crippen LogP contribution in [0, 0.1) is 0 Å². The molecule has 2 heterocycles. The number of aromatic nitrogens is 2. The van der Waals surface area contributed by atoms with E-state index in [4.69, 9.17) is 5.11 Å². The van der Waals surface area contributed by atoms with Crippen molar-refractivity contribution in [1.82, 2.24) is 9.97 Å². The van der Waals surface area contributed by atoms with E-state index in [1.54, 1.807) is 0 Å². The van der Waals surface area contributed by atoms with Crippen LogP contribution in [0.2, 0.25) is 0 Å². The van der Waals surface area contributed by atoms with Crippen molar-refractivity contribution in [2.24, 2.45) is 0 Å². The molecular weight excluding hydrogens is 294 g/mol. The minimum absolute atomic E-state index is 0.0828. The normalized spacial score (nSPS) is 11.1. The van der Waals surface area contributed by atoms with Crippen molar-refractivity contribution in [1.29, 1.82) is 0 Å². The van der Waals surface area contributed by atoms with Crippen LogP contribution in [0.15, 0.2) is 41.6 Å². The summed E-state index contributed by atoms with van der Waals surface area (Å²) in [6, 6.07) is 5.78. The van der Waals surface area contributed by atoms with Crippen LogP contribution < -0.4 is 5.32 Å². The van der Waals surface area contributed by atoms with E-state index in [0.29, 0.717) is 5.69 Å². The smallest absolute Gasteiger partial charge is 0.335 e. The van der Waals surface area contributed by atoms with E-state index in [1.807, 2.05) is 0 Å². The summed E-state index contributed by atoms with van der Waals surface area (Å²) >= 11 is 0. The molecule has 2 aromatic heterocycles. The second kappa shape index (κ2) is 5.88. The van der Waals surface area contributed by atoms with Crippen molar-refractivity contribution in [2.45, 2.75) is 11.4 Å². The molecular formula is C13H13N3O4S. The van der Waals surface area contributed by atoms with Gasteiger partial charge < -0.3 is 10.4 Å². The zero-order valence-corrected chi connectivity index (χ0v) is 12.0. The second-order valence-corrected chi connectivity index (χ2v) is 6.30. The molecule has 0 radical (unpaired) electrons. The third-order valence-electron chi connectivity index (χ3n) is 2.67. The average molecular weight is 307 g/mol. The van der Waals surface area contributed by atoms with Gasteiger partial charge in [0.15, 0.2) is 9.84 Å². The molecule has 0 unspecified atom stereocenters. The van der Waals surface area contributed by atoms with Gasteiger partial charge in [0.2, 0.25) is 0 Å². The first-order chi connectivity index (χ1) is 9.88. The lowest BCUT2D eigenvalue weighted by molar-refractivity contribution is 0.0696. The lowest BCUT2D eigenvalue weighted by Gasteiger charge is -2.09. The maximum absolute atomic E-state index is 11.6. The van der Waals surface area contributed by atoms with Gasteiger partial charge in [0.05, 0.1) is 17.8 Å². The third kappa shape index (κ3) is 3.76. The van der Waals surface area contributed by atoms with Crippen LogP contribution in [0.25, 0.3) is 0 Å². The molecule has 2 aromatic rings. The highest BCUT2D eigenvalue weighted by Gasteiger charge is 2.14. The largest absolute Gasteiger partial charge is 0.478 e. The zero-order chi connectivity index (χ0) is 15.5. The summed E-state index contributed by atoms with van der Waals surface area (Å²) in [6.45, 7) is 0.167. The lowest BCUT2D eigenvalue weighted by atomic mass is 10.2. The Labute approximate surface area is 121 Å². The van der Waals surface area contributed by atoms with Crippen LogP contribution in [-0.4, -0.2) is 35.7 Å². The van der Waals surface area contributed by atoms with E-state index in [1.165, 1.54) is 36.7 Å². The number of carbonyl (C=O) groups is 1. The molecule has 0 amide bonds. The van der Waals surface area contributed by atoms with Gasteiger partial charge in [0.25, 0.3) is 0 Å². The topological polar surface area (TPSA) is 109 Å². The SMILES string of the molecule is CS(=O)(=O)c1cccnc1NCc1cc(C(=O)O)ccn1. The molecule has 0 bridgehead atoms. The van der Waals surface area contributed by atoms with Gasteiger partial charge in [-0.05, 0) is 24.3 Å². The Morgan fingerprint density at radius 2 is 2.05 bits per heavy atom. The molecule has 0 fully saturated rings. The maximum atomic E-state index is 11.6. The van der Waals surface area contributed by atoms with Crippen molar-refractivity contribution in [3.05, 3.63) is 47.9 Å². The quantitative estimate of drug-likeness (QED) is 0.853. The lowest BCUT2D eigenvalue weighted by Crippen LogP contribution is -2.09. The van der Waals surface area contributed by atoms with Crippen molar-refractivity contribution in [3.8, 4) is 0 Å². The molecule has 0 aromatic carbocycles. The van der Waals surface area contributed by atoms with Crippen LogP contribution in [0.1, 0.15) is 16.1 Å². The molecule has 0 aliphatic carbocycles. The number of hydrogen-bond acceptors (Lipinski definition) is 6. The van der Waals surface area contributed by atoms with Crippen molar-refractivity contribution in [3.63, 3.8) is 0 Å². The molecule has 0 aliphatic rings. The molecule has 2 N–H and O–H groups in total. The number of anilines is 1. The van der Waals surface area contributed by atoms with Gasteiger partial charge in [0, 0.05) is 18.6 Å². The van der Waals surface area contributed by atoms with Gasteiger partial charge >= 0.3 is 5.97 Å². The number of sulfone groups is 1. The number of aromatic carboxylic acids is 1. The summed E-state index contributed by atoms with van der Waals surface area (Å²) in [5, 5.41) is 11.8. The van der Waals surface area contributed by atoms with Crippen molar-refractivity contribution >= 4 is 21.6 Å². The fourth-order valence-corrected chi connectivity index (χ4v) is 2.51. The average Bonchev–Trinajstić information content (AvgIpc) is 2.45. The van der Waals surface area contributed by atoms with Crippen LogP contribution in [0.5, 0.6) is 0 Å². The summed E-state index contributed by atoms with van der Waals surface area (Å²) in [5.41, 5.74) is 0.589. The predicted molar refractivity (Wildman–Crippen MR) is 75.9 cm³/mol. The Bertz CT molecular complexity index is 774. The fourth-order valence-electron chi connectivity index (χ4n) is 1.70. The Balaban J connectivity index is 2.21. The summed E-state index contributed by atoms with van der Waals surface area (Å²) < 4.78 is 23.3. The summed E-state index contributed by atoms with van der Waals surface area (Å²) in [7, 11) is -3.40. The number of nitrogens with zero attached hydrogens (tertiary/aromatic N) is 2. The van der Waals surface area contributed by atoms with E-state index in [0.717, 1.165) is 6.26 Å². The fraction of sp³-hybridized carbons (Fsp3) is 0.154. The summed E-state index contributed by atoms with van der Waals surface area (Å²) in [6.07, 6.45) is 3.95. The molecule has 0 saturated heterocycles. The van der Waals surface area contributed by atoms with Gasteiger partial charge in [-0.25, -0.2) is 18.2 Å². The molecule has 2 rings (SSSR count). The monoisotopic (exact) mass is 307 g/mol. The van der Waals surface area contributed by atoms with Gasteiger partial charge in [-0.15, -0.1) is 0 Å². The van der Waals surface area contributed by atoms with Gasteiger partial charge in [-0.2, -0.15) is 0 Å². The minimum atomic E-state index is -3.40. The number of carboxylic acids is 1. The van der Waals surface area contributed by atoms with Crippen molar-refractivity contribution < 1.29 is 18.3 Å².